The number of benzene rings is 2. The summed E-state index contributed by atoms with van der Waals surface area (Å²) in [6.45, 7) is 0.147. The van der Waals surface area contributed by atoms with Gasteiger partial charge in [-0.05, 0) is 56.4 Å². The van der Waals surface area contributed by atoms with Crippen LogP contribution < -0.4 is 10.2 Å². The van der Waals surface area contributed by atoms with E-state index in [1.165, 1.54) is 29.4 Å². The molecule has 0 aliphatic heterocycles. The van der Waals surface area contributed by atoms with Gasteiger partial charge in [-0.25, -0.2) is 4.79 Å². The number of carbonyl (C=O) groups is 3. The summed E-state index contributed by atoms with van der Waals surface area (Å²) >= 11 is 0. The molecule has 0 radical (unpaired) electrons. The number of hydrogen-bond acceptors (Lipinski definition) is 4. The van der Waals surface area contributed by atoms with E-state index in [-0.39, 0.29) is 29.5 Å². The smallest absolute Gasteiger partial charge is 0.339 e. The average Bonchev–Trinajstić information content (AvgIpc) is 2.83. The number of amides is 2. The van der Waals surface area contributed by atoms with Crippen molar-refractivity contribution in [3.8, 4) is 0 Å². The van der Waals surface area contributed by atoms with Crippen LogP contribution in [-0.4, -0.2) is 38.0 Å². The summed E-state index contributed by atoms with van der Waals surface area (Å²) < 4.78 is 5.17. The van der Waals surface area contributed by atoms with Crippen molar-refractivity contribution in [2.45, 2.75) is 32.1 Å². The van der Waals surface area contributed by atoms with Crippen LogP contribution in [0.15, 0.2) is 66.2 Å². The third kappa shape index (κ3) is 6.28. The first-order valence-corrected chi connectivity index (χ1v) is 10.6. The SMILES string of the molecule is CN(C(=O)c1ccccc1C(=O)OCC(=O)NCCC1=CCCCC1)c1ccccc1. The van der Waals surface area contributed by atoms with E-state index in [1.54, 1.807) is 25.2 Å². The Balaban J connectivity index is 1.55. The first-order valence-electron chi connectivity index (χ1n) is 10.6. The van der Waals surface area contributed by atoms with Crippen LogP contribution in [0, 0.1) is 0 Å². The van der Waals surface area contributed by atoms with Crippen LogP contribution in [0.1, 0.15) is 52.8 Å². The van der Waals surface area contributed by atoms with Gasteiger partial charge in [0.05, 0.1) is 11.1 Å². The van der Waals surface area contributed by atoms with Crippen molar-refractivity contribution in [1.29, 1.82) is 0 Å². The van der Waals surface area contributed by atoms with Crippen molar-refractivity contribution in [2.24, 2.45) is 0 Å². The van der Waals surface area contributed by atoms with Gasteiger partial charge >= 0.3 is 5.97 Å². The number of carbonyl (C=O) groups excluding carboxylic acids is 3. The first kappa shape index (κ1) is 22.3. The molecule has 1 N–H and O–H groups in total. The molecule has 1 aliphatic rings. The van der Waals surface area contributed by atoms with E-state index in [1.807, 2.05) is 30.3 Å². The molecule has 0 saturated carbocycles. The molecule has 1 aliphatic carbocycles. The lowest BCUT2D eigenvalue weighted by molar-refractivity contribution is -0.124. The minimum absolute atomic E-state index is 0.135. The van der Waals surface area contributed by atoms with Gasteiger partial charge in [-0.1, -0.05) is 42.0 Å². The van der Waals surface area contributed by atoms with Gasteiger partial charge in [0.1, 0.15) is 0 Å². The van der Waals surface area contributed by atoms with Crippen LogP contribution in [0.2, 0.25) is 0 Å². The van der Waals surface area contributed by atoms with Gasteiger partial charge in [-0.3, -0.25) is 9.59 Å². The average molecular weight is 421 g/mol. The highest BCUT2D eigenvalue weighted by atomic mass is 16.5. The Kier molecular flexibility index (Phi) is 7.98. The number of anilines is 1. The van der Waals surface area contributed by atoms with Gasteiger partial charge in [0.15, 0.2) is 6.61 Å². The number of rotatable bonds is 8. The second kappa shape index (κ2) is 11.1. The maximum Gasteiger partial charge on any atom is 0.339 e. The van der Waals surface area contributed by atoms with Crippen LogP contribution in [0.25, 0.3) is 0 Å². The monoisotopic (exact) mass is 420 g/mol. The van der Waals surface area contributed by atoms with Crippen LogP contribution >= 0.6 is 0 Å². The molecule has 3 rings (SSSR count). The number of allylic oxidation sites excluding steroid dienone is 1. The minimum atomic E-state index is -0.699. The molecule has 6 heteroatoms. The van der Waals surface area contributed by atoms with Gasteiger partial charge in [0.25, 0.3) is 11.8 Å². The Bertz CT molecular complexity index is 953. The molecule has 0 saturated heterocycles. The Morgan fingerprint density at radius 1 is 0.968 bits per heavy atom. The van der Waals surface area contributed by atoms with Gasteiger partial charge < -0.3 is 15.0 Å². The molecule has 0 spiro atoms. The molecule has 0 atom stereocenters. The molecule has 31 heavy (non-hydrogen) atoms. The van der Waals surface area contributed by atoms with Gasteiger partial charge in [0.2, 0.25) is 0 Å². The van der Waals surface area contributed by atoms with Gasteiger partial charge in [-0.15, -0.1) is 0 Å². The lowest BCUT2D eigenvalue weighted by atomic mass is 9.97. The fourth-order valence-electron chi connectivity index (χ4n) is 3.55. The minimum Gasteiger partial charge on any atom is -0.452 e. The van der Waals surface area contributed by atoms with Crippen molar-refractivity contribution >= 4 is 23.5 Å². The fourth-order valence-corrected chi connectivity index (χ4v) is 3.55. The molecule has 2 aromatic carbocycles. The number of hydrogen-bond donors (Lipinski definition) is 1. The van der Waals surface area contributed by atoms with E-state index in [9.17, 15) is 14.4 Å². The summed E-state index contributed by atoms with van der Waals surface area (Å²) in [6, 6.07) is 15.6. The largest absolute Gasteiger partial charge is 0.452 e. The van der Waals surface area contributed by atoms with Crippen LogP contribution in [0.4, 0.5) is 5.69 Å². The first-order chi connectivity index (χ1) is 15.1. The van der Waals surface area contributed by atoms with Crippen molar-refractivity contribution in [2.75, 3.05) is 25.1 Å². The zero-order valence-corrected chi connectivity index (χ0v) is 17.8. The summed E-state index contributed by atoms with van der Waals surface area (Å²) in [5, 5.41) is 2.78. The zero-order valence-electron chi connectivity index (χ0n) is 17.8. The number of esters is 1. The third-order valence-electron chi connectivity index (χ3n) is 5.31. The predicted molar refractivity (Wildman–Crippen MR) is 120 cm³/mol. The van der Waals surface area contributed by atoms with E-state index in [0.717, 1.165) is 19.3 Å². The van der Waals surface area contributed by atoms with Crippen LogP contribution in [-0.2, 0) is 9.53 Å². The van der Waals surface area contributed by atoms with Crippen molar-refractivity contribution in [1.82, 2.24) is 5.32 Å². The Morgan fingerprint density at radius 2 is 1.68 bits per heavy atom. The van der Waals surface area contributed by atoms with Crippen molar-refractivity contribution in [3.05, 3.63) is 77.4 Å². The van der Waals surface area contributed by atoms with E-state index in [0.29, 0.717) is 12.2 Å². The van der Waals surface area contributed by atoms with E-state index < -0.39 is 5.97 Å². The third-order valence-corrected chi connectivity index (χ3v) is 5.31. The Hall–Kier alpha value is -3.41. The highest BCUT2D eigenvalue weighted by Gasteiger charge is 2.22. The second-order valence-corrected chi connectivity index (χ2v) is 7.53. The lowest BCUT2D eigenvalue weighted by Crippen LogP contribution is -2.31. The summed E-state index contributed by atoms with van der Waals surface area (Å²) in [6.07, 6.45) is 7.70. The molecular formula is C25H28N2O4. The zero-order chi connectivity index (χ0) is 22.1. The molecule has 0 aromatic heterocycles. The predicted octanol–water partition coefficient (Wildman–Crippen LogP) is 4.13. The fraction of sp³-hybridized carbons (Fsp3) is 0.320. The number of nitrogens with zero attached hydrogens (tertiary/aromatic N) is 1. The van der Waals surface area contributed by atoms with Crippen LogP contribution in [0.5, 0.6) is 0 Å². The standard InChI is InChI=1S/C25H28N2O4/c1-27(20-12-6-3-7-13-20)24(29)21-14-8-9-15-22(21)25(30)31-18-23(28)26-17-16-19-10-4-2-5-11-19/h3,6-10,12-15H,2,4-5,11,16-18H2,1H3,(H,26,28). The molecule has 0 fully saturated rings. The quantitative estimate of drug-likeness (QED) is 0.515. The summed E-state index contributed by atoms with van der Waals surface area (Å²) in [4.78, 5) is 39.0. The normalized spacial score (nSPS) is 13.1. The number of para-hydroxylation sites is 1. The molecule has 2 aromatic rings. The lowest BCUT2D eigenvalue weighted by Gasteiger charge is -2.18. The highest BCUT2D eigenvalue weighted by molar-refractivity contribution is 6.12. The maximum atomic E-state index is 12.9. The molecule has 0 bridgehead atoms. The maximum absolute atomic E-state index is 12.9. The Labute approximate surface area is 182 Å². The van der Waals surface area contributed by atoms with E-state index in [2.05, 4.69) is 11.4 Å². The molecule has 2 amide bonds. The van der Waals surface area contributed by atoms with Gasteiger partial charge in [-0.2, -0.15) is 0 Å². The molecule has 0 unspecified atom stereocenters. The second-order valence-electron chi connectivity index (χ2n) is 7.53. The number of ether oxygens (including phenoxy) is 1. The number of nitrogens with one attached hydrogen (secondary N) is 1. The highest BCUT2D eigenvalue weighted by Crippen LogP contribution is 2.20. The van der Waals surface area contributed by atoms with Crippen LogP contribution in [0.3, 0.4) is 0 Å². The van der Waals surface area contributed by atoms with Crippen molar-refractivity contribution < 1.29 is 19.1 Å². The van der Waals surface area contributed by atoms with E-state index >= 15 is 0 Å². The molecule has 162 valence electrons. The molecule has 0 heterocycles. The summed E-state index contributed by atoms with van der Waals surface area (Å²) in [5.41, 5.74) is 2.44. The van der Waals surface area contributed by atoms with Gasteiger partial charge in [0, 0.05) is 19.3 Å². The summed E-state index contributed by atoms with van der Waals surface area (Å²) in [7, 11) is 1.65. The molecular weight excluding hydrogens is 392 g/mol. The molecule has 6 nitrogen and oxygen atoms in total. The van der Waals surface area contributed by atoms with Crippen molar-refractivity contribution in [3.63, 3.8) is 0 Å². The van der Waals surface area contributed by atoms with E-state index in [4.69, 9.17) is 4.74 Å². The topological polar surface area (TPSA) is 75.7 Å². The summed E-state index contributed by atoms with van der Waals surface area (Å²) in [5.74, 6) is -1.38. The Morgan fingerprint density at radius 3 is 2.39 bits per heavy atom.